The molecule has 13 heteroatoms. The van der Waals surface area contributed by atoms with Crippen LogP contribution < -0.4 is 15.4 Å². The van der Waals surface area contributed by atoms with Crippen LogP contribution in [0, 0.1) is 17.8 Å². The lowest BCUT2D eigenvalue weighted by Crippen LogP contribution is -2.54. The minimum absolute atomic E-state index is 0.0931. The molecule has 0 aromatic heterocycles. The number of carbonyl (C=O) groups excluding carboxylic acids is 4. The highest BCUT2D eigenvalue weighted by Gasteiger charge is 2.62. The van der Waals surface area contributed by atoms with E-state index in [1.165, 1.54) is 0 Å². The highest BCUT2D eigenvalue weighted by molar-refractivity contribution is 7.91. The molecule has 0 spiro atoms. The molecule has 4 rings (SSSR count). The Labute approximate surface area is 275 Å². The number of rotatable bonds is 6. The van der Waals surface area contributed by atoms with Crippen LogP contribution in [0.4, 0.5) is 4.79 Å². The number of fused-ring (bicyclic) bond motifs is 2. The Balaban J connectivity index is 1.65. The normalized spacial score (nSPS) is 31.4. The van der Waals surface area contributed by atoms with E-state index < -0.39 is 70.5 Å². The quantitative estimate of drug-likeness (QED) is 0.265. The van der Waals surface area contributed by atoms with Gasteiger partial charge in [0.05, 0.1) is 17.2 Å². The second-order valence-electron chi connectivity index (χ2n) is 16.3. The van der Waals surface area contributed by atoms with E-state index in [0.29, 0.717) is 32.1 Å². The van der Waals surface area contributed by atoms with Crippen LogP contribution in [-0.4, -0.2) is 69.0 Å². The summed E-state index contributed by atoms with van der Waals surface area (Å²) in [4.78, 5) is 54.9. The molecule has 0 radical (unpaired) electrons. The first-order chi connectivity index (χ1) is 21.2. The summed E-state index contributed by atoms with van der Waals surface area (Å²) in [5, 5.41) is 5.06. The summed E-state index contributed by atoms with van der Waals surface area (Å²) in [6.45, 7) is 15.9. The van der Waals surface area contributed by atoms with Crippen LogP contribution in [0.15, 0.2) is 12.2 Å². The molecule has 1 aliphatic heterocycles. The highest BCUT2D eigenvalue weighted by atomic mass is 32.2. The number of ketones is 1. The lowest BCUT2D eigenvalue weighted by atomic mass is 9.86. The van der Waals surface area contributed by atoms with E-state index in [1.54, 1.807) is 20.8 Å². The molecule has 4 aliphatic rings. The average molecular weight is 682 g/mol. The second-order valence-corrected chi connectivity index (χ2v) is 23.0. The SMILES string of the molecule is CC(C)(C)OC(=O)N[C@H]1CCCCCC=C[C@@H]2C[C@@]2(C(=O)NS(=O)(=O)C2CC2)NC(=O)[C@@H]2C[C@@H](O[Si](C)(C)C(C)(C)C)CC2C1=O. The Morgan fingerprint density at radius 2 is 1.63 bits per heavy atom. The molecule has 1 heterocycles. The molecule has 260 valence electrons. The molecule has 0 bridgehead atoms. The van der Waals surface area contributed by atoms with Crippen molar-refractivity contribution >= 4 is 42.0 Å². The van der Waals surface area contributed by atoms with Crippen LogP contribution in [0.3, 0.4) is 0 Å². The summed E-state index contributed by atoms with van der Waals surface area (Å²) in [6, 6.07) is -0.850. The average Bonchev–Trinajstić information content (AvgIpc) is 3.82. The molecule has 46 heavy (non-hydrogen) atoms. The van der Waals surface area contributed by atoms with Crippen LogP contribution in [0.5, 0.6) is 0 Å². The number of nitrogens with one attached hydrogen (secondary N) is 3. The van der Waals surface area contributed by atoms with Crippen molar-refractivity contribution < 1.29 is 36.8 Å². The van der Waals surface area contributed by atoms with Crippen LogP contribution in [0.25, 0.3) is 0 Å². The zero-order valence-electron chi connectivity index (χ0n) is 28.9. The molecule has 3 fully saturated rings. The molecule has 11 nitrogen and oxygen atoms in total. The minimum Gasteiger partial charge on any atom is -0.444 e. The number of hydrogen-bond donors (Lipinski definition) is 3. The molecular weight excluding hydrogens is 627 g/mol. The van der Waals surface area contributed by atoms with E-state index >= 15 is 0 Å². The number of Topliss-reactive ketones (excluding diaryl/α,β-unsaturated/α-hetero) is 1. The van der Waals surface area contributed by atoms with Gasteiger partial charge in [0.1, 0.15) is 11.1 Å². The molecule has 3 amide bonds. The molecule has 0 aromatic rings. The lowest BCUT2D eigenvalue weighted by Gasteiger charge is -2.38. The van der Waals surface area contributed by atoms with Crippen LogP contribution >= 0.6 is 0 Å². The molecule has 6 atom stereocenters. The maximum atomic E-state index is 14.3. The van der Waals surface area contributed by atoms with Gasteiger partial charge in [-0.15, -0.1) is 0 Å². The van der Waals surface area contributed by atoms with E-state index in [9.17, 15) is 27.6 Å². The zero-order valence-corrected chi connectivity index (χ0v) is 30.7. The fourth-order valence-electron chi connectivity index (χ4n) is 6.30. The summed E-state index contributed by atoms with van der Waals surface area (Å²) in [5.41, 5.74) is -2.16. The van der Waals surface area contributed by atoms with Gasteiger partial charge >= 0.3 is 6.09 Å². The number of ether oxygens (including phenoxy) is 1. The Kier molecular flexibility index (Phi) is 10.6. The van der Waals surface area contributed by atoms with E-state index in [2.05, 4.69) is 49.2 Å². The van der Waals surface area contributed by atoms with Crippen LogP contribution in [0.2, 0.25) is 18.1 Å². The van der Waals surface area contributed by atoms with Gasteiger partial charge in [0.25, 0.3) is 5.91 Å². The van der Waals surface area contributed by atoms with Gasteiger partial charge < -0.3 is 19.8 Å². The monoisotopic (exact) mass is 681 g/mol. The number of alkyl carbamates (subject to hydrolysis) is 1. The van der Waals surface area contributed by atoms with Crippen molar-refractivity contribution in [1.82, 2.24) is 15.4 Å². The second kappa shape index (κ2) is 13.3. The van der Waals surface area contributed by atoms with Gasteiger partial charge in [-0.05, 0) is 90.3 Å². The van der Waals surface area contributed by atoms with E-state index in [1.807, 2.05) is 12.2 Å². The molecule has 1 unspecified atom stereocenters. The third-order valence-corrected chi connectivity index (χ3v) is 16.6. The van der Waals surface area contributed by atoms with Crippen molar-refractivity contribution in [3.05, 3.63) is 12.2 Å². The molecule has 3 saturated carbocycles. The standard InChI is InChI=1S/C33H55N3O8SSi/c1-31(2,3)43-30(40)34-26-15-13-11-9-10-12-14-21-20-33(21,29(39)36-45(41,42)23-16-17-23)35-28(38)25-19-22(18-24(25)27(26)37)44-46(7,8)32(4,5)6/h12,14,21-26H,9-11,13,15-20H2,1-8H3,(H,34,40)(H,35,38)(H,36,39)/t21-,22+,24?,25-,26+,33-/m1/s1. The maximum Gasteiger partial charge on any atom is 0.408 e. The van der Waals surface area contributed by atoms with E-state index in [0.717, 1.165) is 19.3 Å². The van der Waals surface area contributed by atoms with Crippen molar-refractivity contribution in [1.29, 1.82) is 0 Å². The van der Waals surface area contributed by atoms with Crippen molar-refractivity contribution in [2.24, 2.45) is 17.8 Å². The van der Waals surface area contributed by atoms with E-state index in [4.69, 9.17) is 9.16 Å². The van der Waals surface area contributed by atoms with Crippen molar-refractivity contribution in [3.63, 3.8) is 0 Å². The predicted molar refractivity (Wildman–Crippen MR) is 178 cm³/mol. The van der Waals surface area contributed by atoms with Gasteiger partial charge in [0.2, 0.25) is 15.9 Å². The molecule has 3 aliphatic carbocycles. The van der Waals surface area contributed by atoms with Crippen LogP contribution in [-0.2, 0) is 33.6 Å². The van der Waals surface area contributed by atoms with E-state index in [-0.39, 0.29) is 35.7 Å². The Morgan fingerprint density at radius 3 is 2.24 bits per heavy atom. The molecule has 0 aromatic carbocycles. The summed E-state index contributed by atoms with van der Waals surface area (Å²) in [6.07, 6.45) is 8.22. The molecular formula is C33H55N3O8SSi. The highest BCUT2D eigenvalue weighted by Crippen LogP contribution is 2.48. The van der Waals surface area contributed by atoms with Crippen molar-refractivity contribution in [2.45, 2.75) is 152 Å². The molecule has 0 saturated heterocycles. The Hall–Kier alpha value is -2.25. The first-order valence-electron chi connectivity index (χ1n) is 16.9. The maximum absolute atomic E-state index is 14.3. The largest absolute Gasteiger partial charge is 0.444 e. The smallest absolute Gasteiger partial charge is 0.408 e. The van der Waals surface area contributed by atoms with Crippen molar-refractivity contribution in [3.8, 4) is 0 Å². The number of sulfonamides is 1. The van der Waals surface area contributed by atoms with Crippen LogP contribution in [0.1, 0.15) is 106 Å². The number of allylic oxidation sites excluding steroid dienone is 1. The van der Waals surface area contributed by atoms with Gasteiger partial charge in [-0.3, -0.25) is 19.1 Å². The summed E-state index contributed by atoms with van der Waals surface area (Å²) in [7, 11) is -6.10. The fourth-order valence-corrected chi connectivity index (χ4v) is 9.05. The van der Waals surface area contributed by atoms with Gasteiger partial charge in [-0.1, -0.05) is 45.8 Å². The first-order valence-corrected chi connectivity index (χ1v) is 21.4. The van der Waals surface area contributed by atoms with Gasteiger partial charge in [-0.25, -0.2) is 13.2 Å². The Bertz CT molecular complexity index is 1330. The summed E-state index contributed by atoms with van der Waals surface area (Å²) < 4.78 is 39.9. The van der Waals surface area contributed by atoms with Gasteiger partial charge in [0, 0.05) is 17.9 Å². The third kappa shape index (κ3) is 8.80. The number of amides is 3. The topological polar surface area (TPSA) is 157 Å². The fraction of sp³-hybridized carbons (Fsp3) is 0.818. The number of carbonyl (C=O) groups is 4. The summed E-state index contributed by atoms with van der Waals surface area (Å²) >= 11 is 0. The van der Waals surface area contributed by atoms with Gasteiger partial charge in [0.15, 0.2) is 14.1 Å². The first kappa shape index (κ1) is 36.6. The zero-order chi connectivity index (χ0) is 34.3. The third-order valence-electron chi connectivity index (χ3n) is 10.2. The summed E-state index contributed by atoms with van der Waals surface area (Å²) in [5.74, 6) is -3.38. The van der Waals surface area contributed by atoms with Gasteiger partial charge in [-0.2, -0.15) is 0 Å². The molecule has 3 N–H and O–H groups in total. The predicted octanol–water partition coefficient (Wildman–Crippen LogP) is 4.87. The Morgan fingerprint density at radius 1 is 0.978 bits per heavy atom. The minimum atomic E-state index is -3.83. The lowest BCUT2D eigenvalue weighted by molar-refractivity contribution is -0.136. The van der Waals surface area contributed by atoms with Crippen molar-refractivity contribution in [2.75, 3.05) is 0 Å². The number of hydrogen-bond acceptors (Lipinski definition) is 8.